The number of nitrogens with zero attached hydrogens (tertiary/aromatic N) is 1. The molecule has 0 saturated heterocycles. The van der Waals surface area contributed by atoms with Crippen molar-refractivity contribution in [2.45, 2.75) is 11.8 Å². The van der Waals surface area contributed by atoms with Crippen LogP contribution in [0.15, 0.2) is 91.0 Å². The van der Waals surface area contributed by atoms with Gasteiger partial charge in [-0.25, -0.2) is 0 Å². The average molecular weight is 359 g/mol. The molecule has 0 amide bonds. The van der Waals surface area contributed by atoms with E-state index >= 15 is 0 Å². The van der Waals surface area contributed by atoms with Gasteiger partial charge in [0.25, 0.3) is 0 Å². The molecule has 138 valence electrons. The van der Waals surface area contributed by atoms with Crippen molar-refractivity contribution in [3.8, 4) is 0 Å². The van der Waals surface area contributed by atoms with Crippen LogP contribution in [-0.2, 0) is 10.2 Å². The Morgan fingerprint density at radius 1 is 0.778 bits per heavy atom. The van der Waals surface area contributed by atoms with E-state index < -0.39 is 5.97 Å². The van der Waals surface area contributed by atoms with Crippen LogP contribution >= 0.6 is 0 Å². The van der Waals surface area contributed by atoms with Crippen LogP contribution in [0.25, 0.3) is 0 Å². The first-order valence-corrected chi connectivity index (χ1v) is 9.20. The molecule has 0 spiro atoms. The van der Waals surface area contributed by atoms with Crippen molar-refractivity contribution in [3.63, 3.8) is 0 Å². The Labute approximate surface area is 160 Å². The molecule has 0 atom stereocenters. The molecule has 27 heavy (non-hydrogen) atoms. The van der Waals surface area contributed by atoms with E-state index in [0.29, 0.717) is 6.54 Å². The number of hydrogen-bond acceptors (Lipinski definition) is 2. The Kier molecular flexibility index (Phi) is 6.05. The molecule has 0 radical (unpaired) electrons. The zero-order chi connectivity index (χ0) is 19.1. The Hall–Kier alpha value is -2.91. The molecule has 0 unspecified atom stereocenters. The highest BCUT2D eigenvalue weighted by Gasteiger charge is 2.36. The van der Waals surface area contributed by atoms with Gasteiger partial charge in [-0.15, -0.1) is 0 Å². The SMILES string of the molecule is CN(CCC(c1ccccc1)(c1ccccc1)c1ccccc1)CC(=O)O. The predicted octanol–water partition coefficient (Wildman–Crippen LogP) is 4.43. The number of likely N-dealkylation sites (N-methyl/N-ethyl adjacent to an activating group) is 1. The quantitative estimate of drug-likeness (QED) is 0.605. The van der Waals surface area contributed by atoms with Crippen molar-refractivity contribution in [2.75, 3.05) is 20.1 Å². The molecule has 0 aromatic heterocycles. The summed E-state index contributed by atoms with van der Waals surface area (Å²) in [5.41, 5.74) is 3.31. The third-order valence-corrected chi connectivity index (χ3v) is 5.07. The fourth-order valence-corrected chi connectivity index (χ4v) is 3.77. The highest BCUT2D eigenvalue weighted by atomic mass is 16.4. The van der Waals surface area contributed by atoms with Gasteiger partial charge < -0.3 is 5.11 Å². The Morgan fingerprint density at radius 2 is 1.15 bits per heavy atom. The van der Waals surface area contributed by atoms with E-state index in [9.17, 15) is 4.79 Å². The van der Waals surface area contributed by atoms with Crippen LogP contribution in [0, 0.1) is 0 Å². The molecular weight excluding hydrogens is 334 g/mol. The van der Waals surface area contributed by atoms with E-state index in [1.54, 1.807) is 0 Å². The normalized spacial score (nSPS) is 11.5. The highest BCUT2D eigenvalue weighted by Crippen LogP contribution is 2.42. The zero-order valence-electron chi connectivity index (χ0n) is 15.6. The van der Waals surface area contributed by atoms with Crippen molar-refractivity contribution >= 4 is 5.97 Å². The van der Waals surface area contributed by atoms with Crippen LogP contribution in [0.2, 0.25) is 0 Å². The molecule has 0 aliphatic heterocycles. The van der Waals surface area contributed by atoms with E-state index in [1.165, 1.54) is 16.7 Å². The highest BCUT2D eigenvalue weighted by molar-refractivity contribution is 5.69. The van der Waals surface area contributed by atoms with Gasteiger partial charge in [0, 0.05) is 5.41 Å². The molecule has 3 nitrogen and oxygen atoms in total. The van der Waals surface area contributed by atoms with Gasteiger partial charge in [0.15, 0.2) is 0 Å². The molecule has 0 fully saturated rings. The summed E-state index contributed by atoms with van der Waals surface area (Å²) in [4.78, 5) is 13.0. The maximum atomic E-state index is 11.1. The lowest BCUT2D eigenvalue weighted by Crippen LogP contribution is -2.36. The van der Waals surface area contributed by atoms with E-state index in [-0.39, 0.29) is 12.0 Å². The van der Waals surface area contributed by atoms with Crippen molar-refractivity contribution in [1.82, 2.24) is 4.90 Å². The molecule has 1 N–H and O–H groups in total. The number of carboxylic acids is 1. The van der Waals surface area contributed by atoms with Crippen LogP contribution < -0.4 is 0 Å². The second-order valence-corrected chi connectivity index (χ2v) is 6.88. The Morgan fingerprint density at radius 3 is 1.48 bits per heavy atom. The van der Waals surface area contributed by atoms with Gasteiger partial charge in [-0.1, -0.05) is 91.0 Å². The standard InChI is InChI=1S/C24H25NO2/c1-25(19-23(26)27)18-17-24(20-11-5-2-6-12-20,21-13-7-3-8-14-21)22-15-9-4-10-16-22/h2-16H,17-19H2,1H3,(H,26,27). The fourth-order valence-electron chi connectivity index (χ4n) is 3.77. The smallest absolute Gasteiger partial charge is 0.317 e. The molecule has 0 aliphatic rings. The minimum atomic E-state index is -0.803. The first-order valence-electron chi connectivity index (χ1n) is 9.20. The lowest BCUT2D eigenvalue weighted by molar-refractivity contribution is -0.138. The summed E-state index contributed by atoms with van der Waals surface area (Å²) in [6.45, 7) is 0.708. The van der Waals surface area contributed by atoms with Gasteiger partial charge in [-0.2, -0.15) is 0 Å². The van der Waals surface area contributed by atoms with Crippen molar-refractivity contribution < 1.29 is 9.90 Å². The number of carboxylic acid groups (broad SMARTS) is 1. The molecule has 3 rings (SSSR count). The summed E-state index contributed by atoms with van der Waals surface area (Å²) in [6.07, 6.45) is 0.787. The van der Waals surface area contributed by atoms with Crippen LogP contribution in [0.3, 0.4) is 0 Å². The van der Waals surface area contributed by atoms with Crippen LogP contribution in [0.5, 0.6) is 0 Å². The molecule has 0 aliphatic carbocycles. The monoisotopic (exact) mass is 359 g/mol. The molecule has 0 bridgehead atoms. The summed E-state index contributed by atoms with van der Waals surface area (Å²) in [7, 11) is 1.86. The van der Waals surface area contributed by atoms with Crippen LogP contribution in [-0.4, -0.2) is 36.1 Å². The molecular formula is C24H25NO2. The first-order chi connectivity index (χ1) is 13.1. The number of hydrogen-bond donors (Lipinski definition) is 1. The fraction of sp³-hybridized carbons (Fsp3) is 0.208. The van der Waals surface area contributed by atoms with Gasteiger partial charge in [0.05, 0.1) is 6.54 Å². The number of aliphatic carboxylic acids is 1. The van der Waals surface area contributed by atoms with Crippen molar-refractivity contribution in [2.24, 2.45) is 0 Å². The lowest BCUT2D eigenvalue weighted by Gasteiger charge is -2.37. The number of rotatable bonds is 8. The van der Waals surface area contributed by atoms with E-state index in [4.69, 9.17) is 5.11 Å². The zero-order valence-corrected chi connectivity index (χ0v) is 15.6. The largest absolute Gasteiger partial charge is 0.480 e. The molecule has 0 saturated carbocycles. The van der Waals surface area contributed by atoms with Crippen molar-refractivity contribution in [3.05, 3.63) is 108 Å². The van der Waals surface area contributed by atoms with Gasteiger partial charge in [0.2, 0.25) is 0 Å². The van der Waals surface area contributed by atoms with Crippen LogP contribution in [0.4, 0.5) is 0 Å². The maximum Gasteiger partial charge on any atom is 0.317 e. The average Bonchev–Trinajstić information content (AvgIpc) is 2.70. The third kappa shape index (κ3) is 4.26. The molecule has 3 heteroatoms. The Balaban J connectivity index is 2.12. The summed E-state index contributed by atoms with van der Waals surface area (Å²) >= 11 is 0. The van der Waals surface area contributed by atoms with Gasteiger partial charge in [-0.05, 0) is 36.7 Å². The minimum Gasteiger partial charge on any atom is -0.480 e. The second-order valence-electron chi connectivity index (χ2n) is 6.88. The van der Waals surface area contributed by atoms with Crippen molar-refractivity contribution in [1.29, 1.82) is 0 Å². The summed E-state index contributed by atoms with van der Waals surface area (Å²) < 4.78 is 0. The summed E-state index contributed by atoms with van der Waals surface area (Å²) in [5, 5.41) is 9.12. The predicted molar refractivity (Wildman–Crippen MR) is 109 cm³/mol. The van der Waals surface area contributed by atoms with Gasteiger partial charge in [0.1, 0.15) is 0 Å². The Bertz CT molecular complexity index is 751. The van der Waals surface area contributed by atoms with E-state index in [0.717, 1.165) is 6.42 Å². The van der Waals surface area contributed by atoms with Gasteiger partial charge >= 0.3 is 5.97 Å². The van der Waals surface area contributed by atoms with Gasteiger partial charge in [-0.3, -0.25) is 9.69 Å². The van der Waals surface area contributed by atoms with E-state index in [2.05, 4.69) is 72.8 Å². The second kappa shape index (κ2) is 8.65. The molecule has 0 heterocycles. The topological polar surface area (TPSA) is 40.5 Å². The lowest BCUT2D eigenvalue weighted by atomic mass is 9.67. The number of carbonyl (C=O) groups is 1. The number of benzene rings is 3. The maximum absolute atomic E-state index is 11.1. The van der Waals surface area contributed by atoms with E-state index in [1.807, 2.05) is 30.1 Å². The van der Waals surface area contributed by atoms with Crippen LogP contribution in [0.1, 0.15) is 23.1 Å². The molecule has 3 aromatic carbocycles. The first kappa shape index (κ1) is 18.9. The summed E-state index contributed by atoms with van der Waals surface area (Å²) in [6, 6.07) is 31.5. The molecule has 3 aromatic rings. The third-order valence-electron chi connectivity index (χ3n) is 5.07. The summed E-state index contributed by atoms with van der Waals surface area (Å²) in [5.74, 6) is -0.803. The minimum absolute atomic E-state index is 0.0362.